The number of hydrogen-bond donors (Lipinski definition) is 1. The zero-order valence-corrected chi connectivity index (χ0v) is 16.2. The third-order valence-corrected chi connectivity index (χ3v) is 5.78. The van der Waals surface area contributed by atoms with Crippen LogP contribution in [0.15, 0.2) is 66.7 Å². The summed E-state index contributed by atoms with van der Waals surface area (Å²) in [6.45, 7) is 0. The Balaban J connectivity index is 1.49. The number of aryl methyl sites for hydroxylation is 1. The quantitative estimate of drug-likeness (QED) is 0.723. The zero-order valence-electron chi connectivity index (χ0n) is 16.2. The van der Waals surface area contributed by atoms with Crippen molar-refractivity contribution >= 4 is 11.6 Å². The molecule has 2 aliphatic rings. The summed E-state index contributed by atoms with van der Waals surface area (Å²) in [6.07, 6.45) is 1.36. The fourth-order valence-electron chi connectivity index (χ4n) is 4.32. The molecule has 5 heteroatoms. The van der Waals surface area contributed by atoms with Gasteiger partial charge in [0.05, 0.1) is 7.11 Å². The first-order valence-electron chi connectivity index (χ1n) is 9.78. The van der Waals surface area contributed by atoms with Crippen molar-refractivity contribution in [2.45, 2.75) is 25.1 Å². The lowest BCUT2D eigenvalue weighted by Gasteiger charge is -2.24. The molecule has 0 fully saturated rings. The highest BCUT2D eigenvalue weighted by atomic mass is 16.5. The average Bonchev–Trinajstić information content (AvgIpc) is 3.27. The molecule has 5 nitrogen and oxygen atoms in total. The molecule has 5 rings (SSSR count). The zero-order chi connectivity index (χ0) is 20.0. The second-order valence-electron chi connectivity index (χ2n) is 7.39. The lowest BCUT2D eigenvalue weighted by atomic mass is 10.1. The number of nitrogens with two attached hydrogens (primary N) is 1. The molecule has 1 heterocycles. The predicted octanol–water partition coefficient (Wildman–Crippen LogP) is 4.38. The van der Waals surface area contributed by atoms with E-state index < -0.39 is 6.17 Å². The number of benzene rings is 3. The Hall–Kier alpha value is -3.31. The monoisotopic (exact) mass is 386 g/mol. The summed E-state index contributed by atoms with van der Waals surface area (Å²) in [4.78, 5) is 14.6. The molecule has 0 bridgehead atoms. The number of carbonyl (C=O) groups excluding carboxylic acids is 1. The molecule has 146 valence electrons. The van der Waals surface area contributed by atoms with E-state index in [1.54, 1.807) is 12.0 Å². The predicted molar refractivity (Wildman–Crippen MR) is 111 cm³/mol. The summed E-state index contributed by atoms with van der Waals surface area (Å²) < 4.78 is 11.9. The van der Waals surface area contributed by atoms with E-state index in [-0.39, 0.29) is 12.0 Å². The van der Waals surface area contributed by atoms with Gasteiger partial charge in [0.1, 0.15) is 12.3 Å². The summed E-state index contributed by atoms with van der Waals surface area (Å²) in [6, 6.07) is 21.3. The number of fused-ring (bicyclic) bond motifs is 2. The number of ether oxygens (including phenoxy) is 2. The number of nitrogens with zero attached hydrogens (tertiary/aromatic N) is 1. The number of hydrogen-bond acceptors (Lipinski definition) is 4. The second kappa shape index (κ2) is 6.94. The summed E-state index contributed by atoms with van der Waals surface area (Å²) >= 11 is 0. The molecule has 0 spiro atoms. The fraction of sp³-hybridized carbons (Fsp3) is 0.208. The number of amides is 1. The van der Waals surface area contributed by atoms with Gasteiger partial charge in [-0.15, -0.1) is 0 Å². The Morgan fingerprint density at radius 3 is 2.52 bits per heavy atom. The fourth-order valence-corrected chi connectivity index (χ4v) is 4.32. The number of anilines is 1. The minimum atomic E-state index is -0.521. The molecule has 3 aromatic rings. The van der Waals surface area contributed by atoms with Crippen LogP contribution >= 0.6 is 0 Å². The van der Waals surface area contributed by atoms with Gasteiger partial charge < -0.3 is 15.2 Å². The maximum Gasteiger partial charge on any atom is 0.260 e. The number of methoxy groups -OCH3 is 1. The van der Waals surface area contributed by atoms with E-state index in [1.807, 2.05) is 48.5 Å². The van der Waals surface area contributed by atoms with Gasteiger partial charge in [0.2, 0.25) is 0 Å². The first-order chi connectivity index (χ1) is 14.2. The average molecular weight is 386 g/mol. The molecular formula is C24H22N2O3. The molecule has 2 unspecified atom stereocenters. The molecular weight excluding hydrogens is 364 g/mol. The highest BCUT2D eigenvalue weighted by Crippen LogP contribution is 2.42. The molecule has 29 heavy (non-hydrogen) atoms. The SMILES string of the molecule is COc1ccc(N2C(=O)c3ccccc3C2N)cc1OC1CCc2ccccc21. The largest absolute Gasteiger partial charge is 0.493 e. The van der Waals surface area contributed by atoms with E-state index in [1.165, 1.54) is 11.1 Å². The Labute approximate surface area is 169 Å². The van der Waals surface area contributed by atoms with Crippen molar-refractivity contribution < 1.29 is 14.3 Å². The molecule has 3 aromatic carbocycles. The summed E-state index contributed by atoms with van der Waals surface area (Å²) in [7, 11) is 1.62. The van der Waals surface area contributed by atoms with Crippen LogP contribution in [-0.2, 0) is 6.42 Å². The van der Waals surface area contributed by atoms with Gasteiger partial charge in [0.15, 0.2) is 11.5 Å². The molecule has 0 aromatic heterocycles. The normalized spacial score (nSPS) is 19.8. The Morgan fingerprint density at radius 2 is 1.72 bits per heavy atom. The van der Waals surface area contributed by atoms with Crippen LogP contribution in [0.4, 0.5) is 5.69 Å². The minimum absolute atomic E-state index is 0.0319. The smallest absolute Gasteiger partial charge is 0.260 e. The van der Waals surface area contributed by atoms with Crippen molar-refractivity contribution in [2.75, 3.05) is 12.0 Å². The van der Waals surface area contributed by atoms with Crippen molar-refractivity contribution in [1.82, 2.24) is 0 Å². The number of rotatable bonds is 4. The maximum atomic E-state index is 13.0. The van der Waals surface area contributed by atoms with Crippen LogP contribution in [0.25, 0.3) is 0 Å². The highest BCUT2D eigenvalue weighted by molar-refractivity contribution is 6.11. The second-order valence-corrected chi connectivity index (χ2v) is 7.39. The van der Waals surface area contributed by atoms with Crippen LogP contribution in [-0.4, -0.2) is 13.0 Å². The van der Waals surface area contributed by atoms with Gasteiger partial charge in [0, 0.05) is 22.9 Å². The summed E-state index contributed by atoms with van der Waals surface area (Å²) in [5, 5.41) is 0. The van der Waals surface area contributed by atoms with Crippen LogP contribution < -0.4 is 20.1 Å². The third kappa shape index (κ3) is 2.86. The van der Waals surface area contributed by atoms with E-state index in [9.17, 15) is 4.79 Å². The Kier molecular flexibility index (Phi) is 4.25. The van der Waals surface area contributed by atoms with Crippen LogP contribution in [0.2, 0.25) is 0 Å². The summed E-state index contributed by atoms with van der Waals surface area (Å²) in [5.74, 6) is 1.15. The van der Waals surface area contributed by atoms with Crippen molar-refractivity contribution in [3.8, 4) is 11.5 Å². The molecule has 0 saturated carbocycles. The minimum Gasteiger partial charge on any atom is -0.493 e. The molecule has 0 radical (unpaired) electrons. The van der Waals surface area contributed by atoms with Crippen molar-refractivity contribution in [1.29, 1.82) is 0 Å². The van der Waals surface area contributed by atoms with Crippen LogP contribution in [0.5, 0.6) is 11.5 Å². The molecule has 1 aliphatic heterocycles. The van der Waals surface area contributed by atoms with E-state index in [2.05, 4.69) is 18.2 Å². The van der Waals surface area contributed by atoms with E-state index in [4.69, 9.17) is 15.2 Å². The van der Waals surface area contributed by atoms with Crippen molar-refractivity contribution in [3.05, 3.63) is 89.0 Å². The van der Waals surface area contributed by atoms with Crippen LogP contribution in [0, 0.1) is 0 Å². The molecule has 0 saturated heterocycles. The first-order valence-corrected chi connectivity index (χ1v) is 9.78. The van der Waals surface area contributed by atoms with Crippen LogP contribution in [0.3, 0.4) is 0 Å². The lowest BCUT2D eigenvalue weighted by Crippen LogP contribution is -2.32. The topological polar surface area (TPSA) is 64.8 Å². The Morgan fingerprint density at radius 1 is 0.966 bits per heavy atom. The molecule has 2 atom stereocenters. The lowest BCUT2D eigenvalue weighted by molar-refractivity contribution is 0.0991. The van der Waals surface area contributed by atoms with Gasteiger partial charge in [-0.2, -0.15) is 0 Å². The van der Waals surface area contributed by atoms with Gasteiger partial charge in [0.25, 0.3) is 5.91 Å². The van der Waals surface area contributed by atoms with Gasteiger partial charge in [-0.25, -0.2) is 0 Å². The van der Waals surface area contributed by atoms with Gasteiger partial charge in [-0.3, -0.25) is 9.69 Å². The standard InChI is InChI=1S/C24H22N2O3/c1-28-21-13-11-16(26-23(25)18-8-4-5-9-19(18)24(26)27)14-22(21)29-20-12-10-15-6-2-3-7-17(15)20/h2-9,11,13-14,20,23H,10,12,25H2,1H3. The summed E-state index contributed by atoms with van der Waals surface area (Å²) in [5.41, 5.74) is 11.1. The molecule has 1 aliphatic carbocycles. The van der Waals surface area contributed by atoms with Gasteiger partial charge in [-0.1, -0.05) is 42.5 Å². The van der Waals surface area contributed by atoms with Gasteiger partial charge in [-0.05, 0) is 42.2 Å². The van der Waals surface area contributed by atoms with Crippen molar-refractivity contribution in [3.63, 3.8) is 0 Å². The highest BCUT2D eigenvalue weighted by Gasteiger charge is 2.35. The maximum absolute atomic E-state index is 13.0. The first kappa shape index (κ1) is 17.8. The van der Waals surface area contributed by atoms with E-state index in [0.717, 1.165) is 18.4 Å². The van der Waals surface area contributed by atoms with E-state index in [0.29, 0.717) is 22.7 Å². The van der Waals surface area contributed by atoms with Crippen LogP contribution in [0.1, 0.15) is 45.7 Å². The number of carbonyl (C=O) groups is 1. The molecule has 1 amide bonds. The Bertz CT molecular complexity index is 1090. The van der Waals surface area contributed by atoms with Gasteiger partial charge >= 0.3 is 0 Å². The molecule has 2 N–H and O–H groups in total. The third-order valence-electron chi connectivity index (χ3n) is 5.78. The van der Waals surface area contributed by atoms with Crippen molar-refractivity contribution in [2.24, 2.45) is 5.73 Å². The van der Waals surface area contributed by atoms with E-state index >= 15 is 0 Å².